The second-order valence-corrected chi connectivity index (χ2v) is 6.93. The van der Waals surface area contributed by atoms with E-state index in [1.807, 2.05) is 38.1 Å². The smallest absolute Gasteiger partial charge is 0.258 e. The topological polar surface area (TPSA) is 79.9 Å². The molecule has 4 rings (SSSR count). The number of hydrogen-bond acceptors (Lipinski definition) is 4. The molecule has 1 amide bonds. The molecule has 0 atom stereocenters. The first kappa shape index (κ1) is 18.9. The number of aromatic amines is 1. The second-order valence-electron chi connectivity index (χ2n) is 6.93. The van der Waals surface area contributed by atoms with Crippen LogP contribution in [0.4, 0.5) is 4.39 Å². The summed E-state index contributed by atoms with van der Waals surface area (Å²) in [5.74, 6) is -0.133. The predicted molar refractivity (Wildman–Crippen MR) is 109 cm³/mol. The third-order valence-electron chi connectivity index (χ3n) is 4.97. The Morgan fingerprint density at radius 3 is 2.86 bits per heavy atom. The number of para-hydroxylation sites is 1. The number of aromatic nitrogens is 3. The molecular weight excluding hydrogens is 371 g/mol. The molecule has 0 saturated carbocycles. The molecule has 7 heteroatoms. The van der Waals surface area contributed by atoms with Crippen LogP contribution in [0.2, 0.25) is 0 Å². The van der Waals surface area contributed by atoms with Gasteiger partial charge in [-0.15, -0.1) is 0 Å². The van der Waals surface area contributed by atoms with Crippen LogP contribution in [-0.4, -0.2) is 34.0 Å². The minimum Gasteiger partial charge on any atom is -0.467 e. The van der Waals surface area contributed by atoms with Crippen LogP contribution < -0.4 is 10.1 Å². The summed E-state index contributed by atoms with van der Waals surface area (Å²) in [5, 5.41) is 4.50. The molecule has 29 heavy (non-hydrogen) atoms. The Morgan fingerprint density at radius 2 is 2.00 bits per heavy atom. The molecule has 2 aromatic carbocycles. The molecule has 2 aromatic heterocycles. The number of fused-ring (bicyclic) bond motifs is 2. The molecule has 0 radical (unpaired) electrons. The standard InChI is InChI=1S/C22H21FN4O2/c1-13-7-8-17(23)21-20(13)15(14(2)27-21)9-10-24-19(28)11-29-22-16-5-3-4-6-18(16)25-12-26-22/h3-8,12,27H,9-11H2,1-2H3,(H,24,28). The lowest BCUT2D eigenvalue weighted by Gasteiger charge is -2.09. The first-order valence-electron chi connectivity index (χ1n) is 9.40. The molecule has 0 aliphatic heterocycles. The molecule has 0 spiro atoms. The van der Waals surface area contributed by atoms with E-state index < -0.39 is 0 Å². The molecule has 0 bridgehead atoms. The van der Waals surface area contributed by atoms with Gasteiger partial charge in [-0.05, 0) is 49.6 Å². The molecule has 4 aromatic rings. The van der Waals surface area contributed by atoms with E-state index in [0.29, 0.717) is 24.4 Å². The van der Waals surface area contributed by atoms with Gasteiger partial charge in [-0.2, -0.15) is 0 Å². The van der Waals surface area contributed by atoms with E-state index in [-0.39, 0.29) is 18.3 Å². The molecule has 0 fully saturated rings. The summed E-state index contributed by atoms with van der Waals surface area (Å²) in [6.07, 6.45) is 2.01. The number of carbonyl (C=O) groups excluding carboxylic acids is 1. The van der Waals surface area contributed by atoms with Gasteiger partial charge in [0.2, 0.25) is 5.88 Å². The van der Waals surface area contributed by atoms with Crippen LogP contribution in [0.3, 0.4) is 0 Å². The highest BCUT2D eigenvalue weighted by molar-refractivity contribution is 5.88. The number of nitrogens with one attached hydrogen (secondary N) is 2. The number of H-pyrrole nitrogens is 1. The molecule has 0 aliphatic carbocycles. The van der Waals surface area contributed by atoms with Gasteiger partial charge in [-0.3, -0.25) is 4.79 Å². The normalized spacial score (nSPS) is 11.1. The zero-order valence-electron chi connectivity index (χ0n) is 16.3. The van der Waals surface area contributed by atoms with Crippen LogP contribution in [-0.2, 0) is 11.2 Å². The van der Waals surface area contributed by atoms with Crippen LogP contribution in [0.15, 0.2) is 42.7 Å². The van der Waals surface area contributed by atoms with Gasteiger partial charge >= 0.3 is 0 Å². The van der Waals surface area contributed by atoms with Gasteiger partial charge in [-0.25, -0.2) is 14.4 Å². The van der Waals surface area contributed by atoms with Crippen molar-refractivity contribution in [2.24, 2.45) is 0 Å². The van der Waals surface area contributed by atoms with Crippen LogP contribution in [0.25, 0.3) is 21.8 Å². The number of rotatable bonds is 6. The van der Waals surface area contributed by atoms with Gasteiger partial charge < -0.3 is 15.0 Å². The number of benzene rings is 2. The van der Waals surface area contributed by atoms with Crippen molar-refractivity contribution < 1.29 is 13.9 Å². The van der Waals surface area contributed by atoms with Crippen molar-refractivity contribution in [1.29, 1.82) is 0 Å². The second kappa shape index (κ2) is 7.87. The highest BCUT2D eigenvalue weighted by atomic mass is 19.1. The van der Waals surface area contributed by atoms with Crippen molar-refractivity contribution in [3.05, 3.63) is 65.4 Å². The van der Waals surface area contributed by atoms with Crippen LogP contribution in [0.1, 0.15) is 16.8 Å². The van der Waals surface area contributed by atoms with Crippen LogP contribution in [0.5, 0.6) is 5.88 Å². The number of hydrogen-bond donors (Lipinski definition) is 2. The van der Waals surface area contributed by atoms with Gasteiger partial charge in [0.15, 0.2) is 6.61 Å². The van der Waals surface area contributed by atoms with Crippen molar-refractivity contribution in [2.45, 2.75) is 20.3 Å². The fraction of sp³-hybridized carbons (Fsp3) is 0.227. The third kappa shape index (κ3) is 3.76. The van der Waals surface area contributed by atoms with Gasteiger partial charge in [-0.1, -0.05) is 18.2 Å². The first-order chi connectivity index (χ1) is 14.0. The largest absolute Gasteiger partial charge is 0.467 e. The SMILES string of the molecule is Cc1[nH]c2c(F)ccc(C)c2c1CCNC(=O)COc1ncnc2ccccc12. The Kier molecular flexibility index (Phi) is 5.12. The van der Waals surface area contributed by atoms with Gasteiger partial charge in [0.25, 0.3) is 5.91 Å². The van der Waals surface area contributed by atoms with Gasteiger partial charge in [0.1, 0.15) is 12.1 Å². The molecule has 6 nitrogen and oxygen atoms in total. The Balaban J connectivity index is 1.38. The summed E-state index contributed by atoms with van der Waals surface area (Å²) in [6, 6.07) is 10.7. The summed E-state index contributed by atoms with van der Waals surface area (Å²) in [6.45, 7) is 4.16. The number of carbonyl (C=O) groups is 1. The maximum absolute atomic E-state index is 14.1. The molecule has 0 saturated heterocycles. The van der Waals surface area contributed by atoms with Crippen molar-refractivity contribution >= 4 is 27.7 Å². The summed E-state index contributed by atoms with van der Waals surface area (Å²) < 4.78 is 19.6. The molecule has 0 aliphatic rings. The highest BCUT2D eigenvalue weighted by Crippen LogP contribution is 2.27. The number of nitrogens with zero attached hydrogens (tertiary/aromatic N) is 2. The number of aryl methyl sites for hydroxylation is 2. The van der Waals surface area contributed by atoms with Gasteiger partial charge in [0.05, 0.1) is 16.4 Å². The zero-order chi connectivity index (χ0) is 20.4. The lowest BCUT2D eigenvalue weighted by Crippen LogP contribution is -2.30. The highest BCUT2D eigenvalue weighted by Gasteiger charge is 2.14. The molecule has 0 unspecified atom stereocenters. The van der Waals surface area contributed by atoms with E-state index in [2.05, 4.69) is 20.3 Å². The van der Waals surface area contributed by atoms with Crippen molar-refractivity contribution in [3.63, 3.8) is 0 Å². The van der Waals surface area contributed by atoms with E-state index in [1.54, 1.807) is 6.07 Å². The fourth-order valence-corrected chi connectivity index (χ4v) is 3.56. The lowest BCUT2D eigenvalue weighted by atomic mass is 10.0. The molecule has 148 valence electrons. The van der Waals surface area contributed by atoms with E-state index in [1.165, 1.54) is 12.4 Å². The number of ether oxygens (including phenoxy) is 1. The van der Waals surface area contributed by atoms with Gasteiger partial charge in [0, 0.05) is 17.6 Å². The number of halogens is 1. The van der Waals surface area contributed by atoms with Crippen molar-refractivity contribution in [3.8, 4) is 5.88 Å². The van der Waals surface area contributed by atoms with Crippen LogP contribution in [0, 0.1) is 19.7 Å². The van der Waals surface area contributed by atoms with E-state index >= 15 is 0 Å². The monoisotopic (exact) mass is 392 g/mol. The predicted octanol–water partition coefficient (Wildman–Crippen LogP) is 3.60. The summed E-state index contributed by atoms with van der Waals surface area (Å²) in [5.41, 5.74) is 4.20. The van der Waals surface area contributed by atoms with Crippen LogP contribution >= 0.6 is 0 Å². The maximum Gasteiger partial charge on any atom is 0.258 e. The summed E-state index contributed by atoms with van der Waals surface area (Å²) >= 11 is 0. The molecular formula is C22H21FN4O2. The molecule has 2 N–H and O–H groups in total. The maximum atomic E-state index is 14.1. The summed E-state index contributed by atoms with van der Waals surface area (Å²) in [7, 11) is 0. The molecule has 2 heterocycles. The van der Waals surface area contributed by atoms with E-state index in [9.17, 15) is 9.18 Å². The Bertz CT molecular complexity index is 1200. The average molecular weight is 392 g/mol. The zero-order valence-corrected chi connectivity index (χ0v) is 16.3. The minimum absolute atomic E-state index is 0.137. The Morgan fingerprint density at radius 1 is 1.17 bits per heavy atom. The van der Waals surface area contributed by atoms with E-state index in [4.69, 9.17) is 4.74 Å². The van der Waals surface area contributed by atoms with E-state index in [0.717, 1.165) is 33.1 Å². The number of amides is 1. The minimum atomic E-state index is -0.269. The summed E-state index contributed by atoms with van der Waals surface area (Å²) in [4.78, 5) is 23.6. The fourth-order valence-electron chi connectivity index (χ4n) is 3.56. The quantitative estimate of drug-likeness (QED) is 0.525. The Hall–Kier alpha value is -3.48. The van der Waals surface area contributed by atoms with Crippen molar-refractivity contribution in [2.75, 3.05) is 13.2 Å². The third-order valence-corrected chi connectivity index (χ3v) is 4.97. The van der Waals surface area contributed by atoms with Crippen molar-refractivity contribution in [1.82, 2.24) is 20.3 Å². The first-order valence-corrected chi connectivity index (χ1v) is 9.40. The Labute approximate surface area is 167 Å². The average Bonchev–Trinajstić information content (AvgIpc) is 3.07. The lowest BCUT2D eigenvalue weighted by molar-refractivity contribution is -0.123.